The van der Waals surface area contributed by atoms with Gasteiger partial charge in [-0.15, -0.1) is 10.2 Å². The van der Waals surface area contributed by atoms with Crippen molar-refractivity contribution in [2.75, 3.05) is 0 Å². The Morgan fingerprint density at radius 2 is 0.791 bits per heavy atom. The summed E-state index contributed by atoms with van der Waals surface area (Å²) in [5.41, 5.74) is 11.5. The van der Waals surface area contributed by atoms with Gasteiger partial charge in [-0.25, -0.2) is 0 Å². The molecule has 7 heteroatoms. The summed E-state index contributed by atoms with van der Waals surface area (Å²) in [5.74, 6) is 1.08. The molecule has 0 saturated heterocycles. The molecule has 0 saturated carbocycles. The third kappa shape index (κ3) is 13.2. The van der Waals surface area contributed by atoms with E-state index in [9.17, 15) is 9.59 Å². The van der Waals surface area contributed by atoms with E-state index in [4.69, 9.17) is 24.9 Å². The number of benzene rings is 4. The largest absolute Gasteiger partial charge is 0.452 e. The van der Waals surface area contributed by atoms with Gasteiger partial charge in [0.05, 0.1) is 11.4 Å². The molecule has 0 aliphatic heterocycles. The molecule has 2 aliphatic carbocycles. The van der Waals surface area contributed by atoms with Crippen molar-refractivity contribution in [2.45, 2.75) is 118 Å². The van der Waals surface area contributed by atoms with Gasteiger partial charge in [0.15, 0.2) is 23.1 Å². The Bertz CT molecular complexity index is 2540. The van der Waals surface area contributed by atoms with E-state index < -0.39 is 0 Å². The minimum absolute atomic E-state index is 0.0181. The number of allylic oxidation sites excluding steroid dienone is 10. The predicted octanol–water partition coefficient (Wildman–Crippen LogP) is 17.9. The highest BCUT2D eigenvalue weighted by Gasteiger charge is 2.26. The number of carbonyl (C=O) groups is 2. The lowest BCUT2D eigenvalue weighted by atomic mass is 9.93. The lowest BCUT2D eigenvalue weighted by Gasteiger charge is -2.12. The first-order chi connectivity index (χ1) is 32.8. The van der Waals surface area contributed by atoms with Crippen LogP contribution < -0.4 is 0 Å². The van der Waals surface area contributed by atoms with E-state index in [1.165, 1.54) is 38.5 Å². The number of carbonyl (C=O) groups excluding carboxylic acids is 2. The van der Waals surface area contributed by atoms with Crippen molar-refractivity contribution in [1.82, 2.24) is 0 Å². The maximum absolute atomic E-state index is 13.3. The molecule has 1 heterocycles. The summed E-state index contributed by atoms with van der Waals surface area (Å²) in [6, 6.07) is 36.5. The average Bonchev–Trinajstić information content (AvgIpc) is 3.65. The predicted molar refractivity (Wildman–Crippen MR) is 275 cm³/mol. The first-order valence-corrected chi connectivity index (χ1v) is 24.4. The molecule has 0 spiro atoms. The first-order valence-electron chi connectivity index (χ1n) is 24.4. The Morgan fingerprint density at radius 3 is 1.18 bits per heavy atom. The van der Waals surface area contributed by atoms with Crippen LogP contribution in [0, 0.1) is 13.8 Å². The van der Waals surface area contributed by atoms with Gasteiger partial charge in [0.1, 0.15) is 11.4 Å². The maximum Gasteiger partial charge on any atom is 0.181 e. The number of nitrogens with zero attached hydrogens (tertiary/aromatic N) is 4. The monoisotopic (exact) mass is 888 g/mol. The molecule has 4 aromatic carbocycles. The summed E-state index contributed by atoms with van der Waals surface area (Å²) < 4.78 is 6.98. The van der Waals surface area contributed by atoms with Crippen LogP contribution in [0.5, 0.6) is 0 Å². The number of hydrogen-bond donors (Lipinski definition) is 0. The molecular formula is C60H64N4O3. The fourth-order valence-electron chi connectivity index (χ4n) is 8.47. The van der Waals surface area contributed by atoms with Crippen LogP contribution >= 0.6 is 0 Å². The maximum atomic E-state index is 13.3. The quantitative estimate of drug-likeness (QED) is 0.0511. The van der Waals surface area contributed by atoms with Gasteiger partial charge in [-0.2, -0.15) is 10.2 Å². The molecule has 0 fully saturated rings. The molecule has 2 aliphatic rings. The Morgan fingerprint density at radius 1 is 0.433 bits per heavy atom. The van der Waals surface area contributed by atoms with E-state index in [-0.39, 0.29) is 11.6 Å². The zero-order chi connectivity index (χ0) is 46.8. The fraction of sp³-hybridized carbons (Fsp3) is 0.300. The van der Waals surface area contributed by atoms with E-state index in [1.807, 2.05) is 123 Å². The number of azo groups is 2. The van der Waals surface area contributed by atoms with Crippen molar-refractivity contribution in [3.8, 4) is 22.3 Å². The van der Waals surface area contributed by atoms with Crippen LogP contribution in [0.25, 0.3) is 33.6 Å². The van der Waals surface area contributed by atoms with Crippen LogP contribution in [0.3, 0.4) is 0 Å². The highest BCUT2D eigenvalue weighted by atomic mass is 16.3. The van der Waals surface area contributed by atoms with Crippen LogP contribution in [0.15, 0.2) is 193 Å². The van der Waals surface area contributed by atoms with Gasteiger partial charge in [0.25, 0.3) is 0 Å². The first kappa shape index (κ1) is 48.1. The van der Waals surface area contributed by atoms with E-state index in [2.05, 4.69) is 38.1 Å². The van der Waals surface area contributed by atoms with Gasteiger partial charge in [0, 0.05) is 33.4 Å². The normalized spacial score (nSPS) is 15.5. The van der Waals surface area contributed by atoms with Crippen LogP contribution in [0.2, 0.25) is 0 Å². The van der Waals surface area contributed by atoms with Crippen molar-refractivity contribution < 1.29 is 14.0 Å². The lowest BCUT2D eigenvalue weighted by molar-refractivity contribution is -0.112. The van der Waals surface area contributed by atoms with E-state index >= 15 is 0 Å². The second-order valence-corrected chi connectivity index (χ2v) is 17.6. The molecular weight excluding hydrogens is 825 g/mol. The fourth-order valence-corrected chi connectivity index (χ4v) is 8.47. The lowest BCUT2D eigenvalue weighted by Crippen LogP contribution is -2.04. The summed E-state index contributed by atoms with van der Waals surface area (Å²) in [5, 5.41) is 19.4. The molecule has 0 N–H and O–H groups in total. The highest BCUT2D eigenvalue weighted by molar-refractivity contribution is 6.07. The smallest absolute Gasteiger partial charge is 0.181 e. The second-order valence-electron chi connectivity index (χ2n) is 17.6. The molecule has 0 bridgehead atoms. The van der Waals surface area contributed by atoms with Gasteiger partial charge in [-0.3, -0.25) is 9.59 Å². The van der Waals surface area contributed by atoms with Gasteiger partial charge >= 0.3 is 0 Å². The van der Waals surface area contributed by atoms with Gasteiger partial charge in [-0.05, 0) is 123 Å². The van der Waals surface area contributed by atoms with Crippen molar-refractivity contribution >= 4 is 34.3 Å². The number of hydrogen-bond acceptors (Lipinski definition) is 7. The highest BCUT2D eigenvalue weighted by Crippen LogP contribution is 2.39. The zero-order valence-electron chi connectivity index (χ0n) is 39.8. The van der Waals surface area contributed by atoms with E-state index in [0.29, 0.717) is 47.1 Å². The van der Waals surface area contributed by atoms with Crippen LogP contribution in [0.1, 0.15) is 126 Å². The molecule has 5 aromatic rings. The van der Waals surface area contributed by atoms with Gasteiger partial charge in [0.2, 0.25) is 0 Å². The number of ketones is 2. The molecule has 67 heavy (non-hydrogen) atoms. The topological polar surface area (TPSA) is 96.7 Å². The molecule has 1 aromatic heterocycles. The number of unbranched alkanes of at least 4 members (excludes halogenated alkanes) is 10. The molecule has 0 unspecified atom stereocenters. The Kier molecular flexibility index (Phi) is 17.7. The SMILES string of the molecule is CCCCCCCCC1=C/C(=C(\N=N\c2ccc(-c3ccccc3)cc2)c2oc(C(/N=N/c3ccc(-c4ccccc4)cc3)=C3\C=CC(=O)C(CCCCCCCC)=C3)c(C)c2C)C=CC1=O. The summed E-state index contributed by atoms with van der Waals surface area (Å²) in [7, 11) is 0. The van der Waals surface area contributed by atoms with Crippen LogP contribution in [-0.2, 0) is 9.59 Å². The van der Waals surface area contributed by atoms with E-state index in [0.717, 1.165) is 94.2 Å². The van der Waals surface area contributed by atoms with Crippen molar-refractivity contribution in [3.05, 3.63) is 191 Å². The molecule has 0 atom stereocenters. The standard InChI is InChI=1S/C60H64N4O3/c1-5-7-9-11-13-17-27-49-41-51(33-39-55(49)65)57(63-61-53-35-29-47(30-36-53)45-23-19-15-20-24-45)59-43(3)44(4)60(67-59)58(52-34-40-56(66)50(42-52)28-18-14-12-10-8-6-2)64-62-54-37-31-48(32-38-54)46-25-21-16-22-26-46/h15-16,19-26,29-42H,5-14,17-18,27-28H2,1-4H3/b57-51-,58-52-,63-61+,64-62+. The Hall–Kier alpha value is -6.86. The minimum atomic E-state index is 0.0181. The summed E-state index contributed by atoms with van der Waals surface area (Å²) in [6.07, 6.45) is 25.9. The second kappa shape index (κ2) is 24.6. The Balaban J connectivity index is 1.30. The molecule has 0 amide bonds. The average molecular weight is 889 g/mol. The van der Waals surface area contributed by atoms with Gasteiger partial charge < -0.3 is 4.42 Å². The molecule has 7 rings (SSSR count). The van der Waals surface area contributed by atoms with Crippen LogP contribution in [-0.4, -0.2) is 11.6 Å². The third-order valence-electron chi connectivity index (χ3n) is 12.6. The molecule has 7 nitrogen and oxygen atoms in total. The van der Waals surface area contributed by atoms with Crippen molar-refractivity contribution in [2.24, 2.45) is 20.5 Å². The molecule has 0 radical (unpaired) electrons. The van der Waals surface area contributed by atoms with E-state index in [1.54, 1.807) is 12.2 Å². The number of furan rings is 1. The van der Waals surface area contributed by atoms with Crippen molar-refractivity contribution in [3.63, 3.8) is 0 Å². The van der Waals surface area contributed by atoms with Gasteiger partial charge in [-0.1, -0.05) is 163 Å². The third-order valence-corrected chi connectivity index (χ3v) is 12.6. The zero-order valence-corrected chi connectivity index (χ0v) is 39.8. The summed E-state index contributed by atoms with van der Waals surface area (Å²) in [4.78, 5) is 26.6. The summed E-state index contributed by atoms with van der Waals surface area (Å²) in [6.45, 7) is 8.48. The van der Waals surface area contributed by atoms with Crippen LogP contribution in [0.4, 0.5) is 11.4 Å². The van der Waals surface area contributed by atoms with Crippen molar-refractivity contribution in [1.29, 1.82) is 0 Å². The Labute approximate surface area is 397 Å². The number of rotatable bonds is 22. The molecule has 342 valence electrons. The minimum Gasteiger partial charge on any atom is -0.452 e. The summed E-state index contributed by atoms with van der Waals surface area (Å²) >= 11 is 0.